The third-order valence-corrected chi connectivity index (χ3v) is 5.93. The maximum atomic E-state index is 14.0. The summed E-state index contributed by atoms with van der Waals surface area (Å²) in [4.78, 5) is 50.4. The van der Waals surface area contributed by atoms with Gasteiger partial charge in [0.15, 0.2) is 11.4 Å². The van der Waals surface area contributed by atoms with E-state index in [0.717, 1.165) is 5.56 Å². The fourth-order valence-electron chi connectivity index (χ4n) is 4.21. The molecule has 0 spiro atoms. The first-order valence-electron chi connectivity index (χ1n) is 11.6. The Kier molecular flexibility index (Phi) is 6.60. The Morgan fingerprint density at radius 2 is 1.58 bits per heavy atom. The number of nitrogens with zero attached hydrogens (tertiary/aromatic N) is 4. The first-order valence-corrected chi connectivity index (χ1v) is 11.6. The van der Waals surface area contributed by atoms with Gasteiger partial charge in [-0.1, -0.05) is 60.7 Å². The molecule has 2 aromatic carbocycles. The van der Waals surface area contributed by atoms with Crippen LogP contribution in [0.15, 0.2) is 90.2 Å². The first-order chi connectivity index (χ1) is 18.4. The second-order valence-corrected chi connectivity index (χ2v) is 8.42. The minimum absolute atomic E-state index is 0.156. The van der Waals surface area contributed by atoms with Crippen molar-refractivity contribution in [3.05, 3.63) is 107 Å². The summed E-state index contributed by atoms with van der Waals surface area (Å²) >= 11 is 0. The number of aliphatic carboxylic acids is 1. The van der Waals surface area contributed by atoms with Crippen LogP contribution in [-0.4, -0.2) is 48.2 Å². The Morgan fingerprint density at radius 1 is 0.921 bits per heavy atom. The van der Waals surface area contributed by atoms with Crippen LogP contribution in [0.2, 0.25) is 0 Å². The highest BCUT2D eigenvalue weighted by molar-refractivity contribution is 6.06. The molecule has 188 valence electrons. The summed E-state index contributed by atoms with van der Waals surface area (Å²) in [6.07, 6.45) is 4.29. The molecule has 0 saturated carbocycles. The normalized spacial score (nSPS) is 10.8. The average Bonchev–Trinajstić information content (AvgIpc) is 2.95. The SMILES string of the molecule is O=C(O)CNC(=O)c1nc(-c2cncnc2)c2c(cc(-c3ccccc3)c(=O)n2Cc2ccccc2)c1O. The van der Waals surface area contributed by atoms with E-state index < -0.39 is 24.2 Å². The molecule has 10 nitrogen and oxygen atoms in total. The third-order valence-electron chi connectivity index (χ3n) is 5.93. The molecular formula is C28H21N5O5. The summed E-state index contributed by atoms with van der Waals surface area (Å²) in [6.45, 7) is -0.506. The van der Waals surface area contributed by atoms with Gasteiger partial charge < -0.3 is 20.1 Å². The van der Waals surface area contributed by atoms with E-state index in [1.807, 2.05) is 36.4 Å². The van der Waals surface area contributed by atoms with Crippen molar-refractivity contribution in [2.75, 3.05) is 6.54 Å². The number of benzene rings is 2. The van der Waals surface area contributed by atoms with Gasteiger partial charge in [0.1, 0.15) is 12.9 Å². The van der Waals surface area contributed by atoms with E-state index >= 15 is 0 Å². The molecule has 5 aromatic rings. The van der Waals surface area contributed by atoms with Gasteiger partial charge in [0, 0.05) is 28.9 Å². The lowest BCUT2D eigenvalue weighted by Crippen LogP contribution is -2.30. The van der Waals surface area contributed by atoms with Crippen LogP contribution in [0.1, 0.15) is 16.1 Å². The number of pyridine rings is 2. The number of carboxylic acids is 1. The minimum atomic E-state index is -1.25. The van der Waals surface area contributed by atoms with E-state index in [1.165, 1.54) is 29.4 Å². The van der Waals surface area contributed by atoms with Gasteiger partial charge >= 0.3 is 5.97 Å². The maximum absolute atomic E-state index is 14.0. The smallest absolute Gasteiger partial charge is 0.322 e. The molecule has 0 aliphatic heterocycles. The van der Waals surface area contributed by atoms with Crippen molar-refractivity contribution in [2.45, 2.75) is 6.54 Å². The number of aromatic hydroxyl groups is 1. The molecule has 3 aromatic heterocycles. The summed E-state index contributed by atoms with van der Waals surface area (Å²) in [6, 6.07) is 19.8. The van der Waals surface area contributed by atoms with Crippen LogP contribution in [0.4, 0.5) is 0 Å². The summed E-state index contributed by atoms with van der Waals surface area (Å²) < 4.78 is 1.50. The highest BCUT2D eigenvalue weighted by Crippen LogP contribution is 2.36. The molecule has 3 heterocycles. The summed E-state index contributed by atoms with van der Waals surface area (Å²) in [5.74, 6) is -2.62. The number of carboxylic acid groups (broad SMARTS) is 1. The lowest BCUT2D eigenvalue weighted by Gasteiger charge is -2.18. The molecule has 0 aliphatic rings. The number of amides is 1. The van der Waals surface area contributed by atoms with E-state index in [-0.39, 0.29) is 34.4 Å². The Bertz CT molecular complexity index is 1710. The van der Waals surface area contributed by atoms with Crippen molar-refractivity contribution in [3.8, 4) is 28.1 Å². The van der Waals surface area contributed by atoms with Gasteiger partial charge in [0.05, 0.1) is 17.8 Å². The van der Waals surface area contributed by atoms with Gasteiger partial charge in [-0.2, -0.15) is 0 Å². The van der Waals surface area contributed by atoms with Gasteiger partial charge in [0.2, 0.25) is 0 Å². The van der Waals surface area contributed by atoms with Crippen LogP contribution in [0.5, 0.6) is 5.75 Å². The summed E-state index contributed by atoms with van der Waals surface area (Å²) in [5.41, 5.74) is 1.92. The second kappa shape index (κ2) is 10.3. The molecule has 0 aliphatic carbocycles. The van der Waals surface area contributed by atoms with Gasteiger partial charge in [0.25, 0.3) is 11.5 Å². The lowest BCUT2D eigenvalue weighted by atomic mass is 10.0. The number of aromatic nitrogens is 4. The highest BCUT2D eigenvalue weighted by Gasteiger charge is 2.25. The number of carbonyl (C=O) groups is 2. The third kappa shape index (κ3) is 4.70. The number of nitrogens with one attached hydrogen (secondary N) is 1. The zero-order valence-corrected chi connectivity index (χ0v) is 19.9. The average molecular weight is 508 g/mol. The molecule has 10 heteroatoms. The number of rotatable bonds is 7. The van der Waals surface area contributed by atoms with Crippen LogP contribution in [-0.2, 0) is 11.3 Å². The van der Waals surface area contributed by atoms with Crippen molar-refractivity contribution < 1.29 is 19.8 Å². The molecule has 0 unspecified atom stereocenters. The van der Waals surface area contributed by atoms with Crippen molar-refractivity contribution in [2.24, 2.45) is 0 Å². The zero-order valence-electron chi connectivity index (χ0n) is 19.9. The predicted octanol–water partition coefficient (Wildman–Crippen LogP) is 3.09. The quantitative estimate of drug-likeness (QED) is 0.304. The molecule has 5 rings (SSSR count). The number of carbonyl (C=O) groups excluding carboxylic acids is 1. The topological polar surface area (TPSA) is 147 Å². The van der Waals surface area contributed by atoms with Crippen molar-refractivity contribution in [1.82, 2.24) is 24.8 Å². The maximum Gasteiger partial charge on any atom is 0.322 e. The summed E-state index contributed by atoms with van der Waals surface area (Å²) in [7, 11) is 0. The molecule has 0 fully saturated rings. The fourth-order valence-corrected chi connectivity index (χ4v) is 4.21. The van der Waals surface area contributed by atoms with Crippen LogP contribution >= 0.6 is 0 Å². The Labute approximate surface area is 215 Å². The zero-order chi connectivity index (χ0) is 26.6. The van der Waals surface area contributed by atoms with Gasteiger partial charge in [-0.3, -0.25) is 14.4 Å². The van der Waals surface area contributed by atoms with Crippen molar-refractivity contribution >= 4 is 22.8 Å². The highest BCUT2D eigenvalue weighted by atomic mass is 16.4. The molecule has 0 radical (unpaired) electrons. The fraction of sp³-hybridized carbons (Fsp3) is 0.0714. The summed E-state index contributed by atoms with van der Waals surface area (Å²) in [5, 5.41) is 22.7. The minimum Gasteiger partial charge on any atom is -0.505 e. The van der Waals surface area contributed by atoms with Crippen LogP contribution < -0.4 is 10.9 Å². The monoisotopic (exact) mass is 507 g/mol. The van der Waals surface area contributed by atoms with Crippen LogP contribution in [0, 0.1) is 0 Å². The van der Waals surface area contributed by atoms with E-state index in [9.17, 15) is 19.5 Å². The van der Waals surface area contributed by atoms with Crippen LogP contribution in [0.3, 0.4) is 0 Å². The van der Waals surface area contributed by atoms with Crippen molar-refractivity contribution in [1.29, 1.82) is 0 Å². The molecular weight excluding hydrogens is 486 g/mol. The first kappa shape index (κ1) is 24.3. The molecule has 0 saturated heterocycles. The van der Waals surface area contributed by atoms with Gasteiger partial charge in [-0.05, 0) is 17.2 Å². The van der Waals surface area contributed by atoms with Gasteiger partial charge in [-0.15, -0.1) is 0 Å². The molecule has 0 bridgehead atoms. The predicted molar refractivity (Wildman–Crippen MR) is 140 cm³/mol. The lowest BCUT2D eigenvalue weighted by molar-refractivity contribution is -0.135. The Hall–Kier alpha value is -5.38. The standard InChI is InChI=1S/C28H21N5O5/c34-22(35)14-31-27(37)24-26(36)21-11-20(18-9-5-2-6-10-18)28(38)33(15-17-7-3-1-4-8-17)25(21)23(32-24)19-12-29-16-30-13-19/h1-13,16,36H,14-15H2,(H,31,37)(H,34,35). The number of hydrogen-bond acceptors (Lipinski definition) is 7. The van der Waals surface area contributed by atoms with Crippen LogP contribution in [0.25, 0.3) is 33.3 Å². The molecule has 0 atom stereocenters. The second-order valence-electron chi connectivity index (χ2n) is 8.42. The number of hydrogen-bond donors (Lipinski definition) is 3. The van der Waals surface area contributed by atoms with E-state index in [4.69, 9.17) is 5.11 Å². The van der Waals surface area contributed by atoms with E-state index in [2.05, 4.69) is 20.3 Å². The largest absolute Gasteiger partial charge is 0.505 e. The molecule has 3 N–H and O–H groups in total. The molecule has 1 amide bonds. The van der Waals surface area contributed by atoms with E-state index in [1.54, 1.807) is 24.3 Å². The Morgan fingerprint density at radius 3 is 2.24 bits per heavy atom. The number of fused-ring (bicyclic) bond motifs is 1. The van der Waals surface area contributed by atoms with Crippen molar-refractivity contribution in [3.63, 3.8) is 0 Å². The molecule has 38 heavy (non-hydrogen) atoms. The van der Waals surface area contributed by atoms with Gasteiger partial charge in [-0.25, -0.2) is 15.0 Å². The Balaban J connectivity index is 1.87. The van der Waals surface area contributed by atoms with E-state index in [0.29, 0.717) is 16.7 Å².